The van der Waals surface area contributed by atoms with Gasteiger partial charge in [-0.1, -0.05) is 48.9 Å². The summed E-state index contributed by atoms with van der Waals surface area (Å²) < 4.78 is 0. The molecule has 0 radical (unpaired) electrons. The standard InChI is InChI=1S/C19H17NO2/c1-3-13-5-4-6-15(11-13)20-17-16(18(21)19(17)22)14-9-7-12(2)8-10-14/h4-11,20H,3H2,1-2H3. The molecule has 0 atom stereocenters. The van der Waals surface area contributed by atoms with E-state index in [0.29, 0.717) is 11.3 Å². The van der Waals surface area contributed by atoms with Crippen LogP contribution >= 0.6 is 0 Å². The first kappa shape index (κ1) is 14.3. The van der Waals surface area contributed by atoms with Gasteiger partial charge in [0.05, 0.1) is 5.56 Å². The second-order valence-corrected chi connectivity index (χ2v) is 5.45. The summed E-state index contributed by atoms with van der Waals surface area (Å²) in [6, 6.07) is 15.5. The van der Waals surface area contributed by atoms with E-state index in [4.69, 9.17) is 0 Å². The Balaban J connectivity index is 1.98. The molecule has 0 bridgehead atoms. The lowest BCUT2D eigenvalue weighted by atomic mass is 9.97. The molecular weight excluding hydrogens is 274 g/mol. The van der Waals surface area contributed by atoms with Crippen molar-refractivity contribution < 1.29 is 0 Å². The maximum Gasteiger partial charge on any atom is 0.250 e. The highest BCUT2D eigenvalue weighted by molar-refractivity contribution is 5.84. The molecule has 1 N–H and O–H groups in total. The van der Waals surface area contributed by atoms with Crippen LogP contribution in [0.1, 0.15) is 18.1 Å². The fourth-order valence-electron chi connectivity index (χ4n) is 2.52. The Bertz CT molecular complexity index is 885. The van der Waals surface area contributed by atoms with Crippen molar-refractivity contribution in [2.75, 3.05) is 5.32 Å². The number of anilines is 2. The summed E-state index contributed by atoms with van der Waals surface area (Å²) in [5.74, 6) is 0. The van der Waals surface area contributed by atoms with Gasteiger partial charge in [-0.2, -0.15) is 0 Å². The molecule has 0 aromatic heterocycles. The molecule has 3 aromatic carbocycles. The van der Waals surface area contributed by atoms with Gasteiger partial charge in [-0.3, -0.25) is 9.59 Å². The normalized spacial score (nSPS) is 10.8. The van der Waals surface area contributed by atoms with Gasteiger partial charge in [-0.25, -0.2) is 0 Å². The molecule has 3 aromatic rings. The average molecular weight is 291 g/mol. The molecule has 0 saturated carbocycles. The van der Waals surface area contributed by atoms with Gasteiger partial charge in [0, 0.05) is 5.69 Å². The zero-order valence-electron chi connectivity index (χ0n) is 12.6. The lowest BCUT2D eigenvalue weighted by molar-refractivity contribution is 1.14. The molecule has 0 spiro atoms. The zero-order chi connectivity index (χ0) is 15.7. The van der Waals surface area contributed by atoms with Gasteiger partial charge < -0.3 is 5.32 Å². The summed E-state index contributed by atoms with van der Waals surface area (Å²) in [6.07, 6.45) is 0.923. The summed E-state index contributed by atoms with van der Waals surface area (Å²) >= 11 is 0. The molecule has 0 unspecified atom stereocenters. The maximum absolute atomic E-state index is 11.9. The number of hydrogen-bond donors (Lipinski definition) is 1. The highest BCUT2D eigenvalue weighted by Gasteiger charge is 2.22. The molecule has 0 aliphatic heterocycles. The van der Waals surface area contributed by atoms with Gasteiger partial charge in [0.25, 0.3) is 5.43 Å². The van der Waals surface area contributed by atoms with Crippen molar-refractivity contribution in [3.63, 3.8) is 0 Å². The van der Waals surface area contributed by atoms with Gasteiger partial charge in [0.1, 0.15) is 5.69 Å². The number of rotatable bonds is 4. The molecule has 0 aliphatic carbocycles. The molecule has 0 fully saturated rings. The van der Waals surface area contributed by atoms with Crippen LogP contribution in [0.3, 0.4) is 0 Å². The van der Waals surface area contributed by atoms with E-state index in [1.165, 1.54) is 5.56 Å². The summed E-state index contributed by atoms with van der Waals surface area (Å²) in [6.45, 7) is 4.06. The lowest BCUT2D eigenvalue weighted by Crippen LogP contribution is -2.35. The maximum atomic E-state index is 11.9. The third-order valence-corrected chi connectivity index (χ3v) is 3.86. The van der Waals surface area contributed by atoms with E-state index in [0.717, 1.165) is 23.2 Å². The van der Waals surface area contributed by atoms with E-state index in [1.54, 1.807) is 0 Å². The fourth-order valence-corrected chi connectivity index (χ4v) is 2.52. The molecule has 0 amide bonds. The molecule has 3 nitrogen and oxygen atoms in total. The lowest BCUT2D eigenvalue weighted by Gasteiger charge is -2.14. The van der Waals surface area contributed by atoms with Crippen LogP contribution in [0.4, 0.5) is 11.4 Å². The Kier molecular flexibility index (Phi) is 3.63. The van der Waals surface area contributed by atoms with Crippen LogP contribution < -0.4 is 16.2 Å². The largest absolute Gasteiger partial charge is 0.352 e. The molecule has 3 rings (SSSR count). The molecular formula is C19H17NO2. The van der Waals surface area contributed by atoms with E-state index in [-0.39, 0.29) is 0 Å². The first-order valence-electron chi connectivity index (χ1n) is 7.36. The number of nitrogens with one attached hydrogen (secondary N) is 1. The first-order valence-corrected chi connectivity index (χ1v) is 7.36. The third kappa shape index (κ3) is 2.46. The summed E-state index contributed by atoms with van der Waals surface area (Å²) in [5.41, 5.74) is 3.92. The van der Waals surface area contributed by atoms with E-state index < -0.39 is 10.9 Å². The van der Waals surface area contributed by atoms with Gasteiger partial charge in [-0.05, 0) is 36.6 Å². The Morgan fingerprint density at radius 2 is 1.68 bits per heavy atom. The van der Waals surface area contributed by atoms with Crippen LogP contribution in [0.5, 0.6) is 0 Å². The third-order valence-electron chi connectivity index (χ3n) is 3.86. The predicted molar refractivity (Wildman–Crippen MR) is 90.6 cm³/mol. The van der Waals surface area contributed by atoms with Gasteiger partial charge >= 0.3 is 0 Å². The van der Waals surface area contributed by atoms with Gasteiger partial charge in [0.15, 0.2) is 0 Å². The van der Waals surface area contributed by atoms with Crippen LogP contribution in [0.15, 0.2) is 58.1 Å². The summed E-state index contributed by atoms with van der Waals surface area (Å²) in [4.78, 5) is 23.8. The molecule has 0 heterocycles. The minimum atomic E-state index is -0.447. The highest BCUT2D eigenvalue weighted by Crippen LogP contribution is 2.27. The van der Waals surface area contributed by atoms with Crippen molar-refractivity contribution in [1.29, 1.82) is 0 Å². The summed E-state index contributed by atoms with van der Waals surface area (Å²) in [7, 11) is 0. The topological polar surface area (TPSA) is 46.2 Å². The Labute approximate surface area is 128 Å². The molecule has 110 valence electrons. The zero-order valence-corrected chi connectivity index (χ0v) is 12.6. The van der Waals surface area contributed by atoms with E-state index in [1.807, 2.05) is 55.5 Å². The van der Waals surface area contributed by atoms with E-state index >= 15 is 0 Å². The second-order valence-electron chi connectivity index (χ2n) is 5.45. The fraction of sp³-hybridized carbons (Fsp3) is 0.158. The number of aryl methyl sites for hydroxylation is 2. The first-order chi connectivity index (χ1) is 10.6. The Hall–Kier alpha value is -2.68. The minimum Gasteiger partial charge on any atom is -0.352 e. The van der Waals surface area contributed by atoms with Crippen LogP contribution in [0.2, 0.25) is 0 Å². The van der Waals surface area contributed by atoms with Crippen LogP contribution in [0, 0.1) is 6.92 Å². The Morgan fingerprint density at radius 1 is 0.955 bits per heavy atom. The van der Waals surface area contributed by atoms with Crippen molar-refractivity contribution >= 4 is 11.4 Å². The van der Waals surface area contributed by atoms with Crippen molar-refractivity contribution in [2.24, 2.45) is 0 Å². The van der Waals surface area contributed by atoms with Crippen molar-refractivity contribution in [1.82, 2.24) is 0 Å². The van der Waals surface area contributed by atoms with Crippen LogP contribution in [-0.2, 0) is 6.42 Å². The van der Waals surface area contributed by atoms with Gasteiger partial charge in [-0.15, -0.1) is 0 Å². The quantitative estimate of drug-likeness (QED) is 0.748. The highest BCUT2D eigenvalue weighted by atomic mass is 16.2. The minimum absolute atomic E-state index is 0.391. The average Bonchev–Trinajstić information content (AvgIpc) is 2.56. The Morgan fingerprint density at radius 3 is 2.36 bits per heavy atom. The van der Waals surface area contributed by atoms with Crippen LogP contribution in [0.25, 0.3) is 11.1 Å². The van der Waals surface area contributed by atoms with Crippen LogP contribution in [-0.4, -0.2) is 0 Å². The molecule has 22 heavy (non-hydrogen) atoms. The van der Waals surface area contributed by atoms with Crippen molar-refractivity contribution in [3.8, 4) is 11.1 Å². The number of benzene rings is 2. The van der Waals surface area contributed by atoms with Crippen molar-refractivity contribution in [2.45, 2.75) is 20.3 Å². The summed E-state index contributed by atoms with van der Waals surface area (Å²) in [5, 5.41) is 3.11. The second kappa shape index (κ2) is 5.60. The van der Waals surface area contributed by atoms with Gasteiger partial charge in [0.2, 0.25) is 5.43 Å². The van der Waals surface area contributed by atoms with Crippen molar-refractivity contribution in [3.05, 3.63) is 80.1 Å². The predicted octanol–water partition coefficient (Wildman–Crippen LogP) is 3.56. The molecule has 3 heteroatoms. The SMILES string of the molecule is CCc1cccc(Nc2c(-c3ccc(C)cc3)c(=O)c2=O)c1. The molecule has 0 aliphatic rings. The monoisotopic (exact) mass is 291 g/mol. The van der Waals surface area contributed by atoms with E-state index in [9.17, 15) is 9.59 Å². The van der Waals surface area contributed by atoms with E-state index in [2.05, 4.69) is 12.2 Å². The molecule has 0 saturated heterocycles. The smallest absolute Gasteiger partial charge is 0.250 e. The number of hydrogen-bond acceptors (Lipinski definition) is 3.